The first-order valence-electron chi connectivity index (χ1n) is 28.8. The van der Waals surface area contributed by atoms with Gasteiger partial charge in [0.2, 0.25) is 33.4 Å². The zero-order valence-electron chi connectivity index (χ0n) is 48.1. The van der Waals surface area contributed by atoms with Crippen LogP contribution in [0.2, 0.25) is 0 Å². The first-order chi connectivity index (χ1) is 39.9. The minimum atomic E-state index is -0.0803. The van der Waals surface area contributed by atoms with Gasteiger partial charge in [-0.2, -0.15) is 0 Å². The van der Waals surface area contributed by atoms with Crippen LogP contribution in [0.4, 0.5) is 34.1 Å². The quantitative estimate of drug-likeness (QED) is 0.0132. The Bertz CT molecular complexity index is 3710. The molecule has 0 unspecified atom stereocenters. The van der Waals surface area contributed by atoms with E-state index >= 15 is 0 Å². The number of fused-ring (bicyclic) bond motifs is 4. The summed E-state index contributed by atoms with van der Waals surface area (Å²) in [5.74, 6) is -0.161. The Kier molecular flexibility index (Phi) is 17.4. The van der Waals surface area contributed by atoms with Gasteiger partial charge in [-0.25, -0.2) is 9.97 Å². The number of hydrogen-bond acceptors (Lipinski definition) is 10. The van der Waals surface area contributed by atoms with E-state index in [2.05, 4.69) is 129 Å². The summed E-state index contributed by atoms with van der Waals surface area (Å²) in [6.45, 7) is 11.3. The number of rotatable bonds is 23. The molecule has 0 aliphatic heterocycles. The second-order valence-corrected chi connectivity index (χ2v) is 21.5. The van der Waals surface area contributed by atoms with E-state index in [9.17, 15) is 9.59 Å². The van der Waals surface area contributed by atoms with Crippen LogP contribution in [0.1, 0.15) is 94.3 Å². The fourth-order valence-corrected chi connectivity index (χ4v) is 11.0. The SMILES string of the molecule is CNc1cc2c(cc1C)nc1cc(C)c(NCCCCCCNC(=O)c3ccc(-c4ccc(C(=O)NCCCCCCNc5cc6c(cc5C)nc5cc(C)c(NC)cc5[n+]6-c5ccccc5N)cc4)cc3)cc1[n+]2-c1ccccc1N. The van der Waals surface area contributed by atoms with E-state index in [-0.39, 0.29) is 11.8 Å². The number of carbonyl (C=O) groups excluding carboxylic acids is 2. The highest BCUT2D eigenvalue weighted by atomic mass is 16.2. The van der Waals surface area contributed by atoms with Gasteiger partial charge in [0, 0.05) is 111 Å². The maximum atomic E-state index is 13.1. The number of benzene rings is 8. The van der Waals surface area contributed by atoms with E-state index in [0.717, 1.165) is 176 Å². The first kappa shape index (κ1) is 56.0. The zero-order valence-corrected chi connectivity index (χ0v) is 48.1. The van der Waals surface area contributed by atoms with Crippen molar-refractivity contribution in [2.75, 3.05) is 73.0 Å². The minimum absolute atomic E-state index is 0.0803. The lowest BCUT2D eigenvalue weighted by Gasteiger charge is -2.13. The van der Waals surface area contributed by atoms with E-state index in [0.29, 0.717) is 35.6 Å². The van der Waals surface area contributed by atoms with Crippen LogP contribution in [0.5, 0.6) is 0 Å². The molecule has 82 heavy (non-hydrogen) atoms. The molecular weight excluding hydrogens is 1020 g/mol. The van der Waals surface area contributed by atoms with E-state index < -0.39 is 0 Å². The van der Waals surface area contributed by atoms with Crippen molar-refractivity contribution in [1.29, 1.82) is 0 Å². The third-order valence-electron chi connectivity index (χ3n) is 15.7. The predicted octanol–water partition coefficient (Wildman–Crippen LogP) is 12.6. The molecule has 0 aliphatic carbocycles. The van der Waals surface area contributed by atoms with Gasteiger partial charge in [-0.15, -0.1) is 9.13 Å². The summed E-state index contributed by atoms with van der Waals surface area (Å²) in [5.41, 5.74) is 35.9. The van der Waals surface area contributed by atoms with Crippen LogP contribution in [-0.4, -0.2) is 62.1 Å². The Morgan fingerprint density at radius 3 is 1.06 bits per heavy atom. The van der Waals surface area contributed by atoms with Gasteiger partial charge >= 0.3 is 0 Å². The van der Waals surface area contributed by atoms with Gasteiger partial charge in [0.05, 0.1) is 0 Å². The van der Waals surface area contributed by atoms with Crippen molar-refractivity contribution < 1.29 is 18.7 Å². The molecule has 14 heteroatoms. The Morgan fingerprint density at radius 2 is 0.720 bits per heavy atom. The summed E-state index contributed by atoms with van der Waals surface area (Å²) < 4.78 is 4.44. The van der Waals surface area contributed by atoms with E-state index in [4.69, 9.17) is 21.4 Å². The topological polar surface area (TPSA) is 192 Å². The number of nitrogen functional groups attached to an aromatic ring is 2. The molecule has 0 saturated heterocycles. The van der Waals surface area contributed by atoms with E-state index in [1.165, 1.54) is 0 Å². The monoisotopic (exact) mass is 1090 g/mol. The maximum Gasteiger partial charge on any atom is 0.251 e. The lowest BCUT2D eigenvalue weighted by atomic mass is 10.0. The first-order valence-corrected chi connectivity index (χ1v) is 28.8. The molecule has 418 valence electrons. The number of carbonyl (C=O) groups is 2. The molecule has 2 heterocycles. The standard InChI is InChI=1S/C68H74N12O2/c1-43-35-57-63(39-53(43)71-5)79(61-21-13-11-19-51(61)69)65-41-55(45(3)37-59(65)77-57)73-31-15-7-9-17-33-75-67(81)49-27-23-47(24-28-49)48-25-29-50(30-26-48)68(82)76-34-18-10-8-16-32-74-56-42-66-60(38-46(56)4)78-58-36-44(2)54(72-6)40-64(58)80(66)62-22-14-12-20-52(62)70/h11-14,19-30,35-42H,7-10,15-18,31-34,69-70H2,1-6H3,(H4,71,72,73,74,75,76,81,82)/p+2. The second kappa shape index (κ2) is 25.4. The molecule has 14 nitrogen and oxygen atoms in total. The molecule has 0 radical (unpaired) electrons. The largest absolute Gasteiger partial charge is 0.393 e. The number of unbranched alkanes of at least 4 members (excludes halogenated alkanes) is 6. The fourth-order valence-electron chi connectivity index (χ4n) is 11.0. The van der Waals surface area contributed by atoms with Gasteiger partial charge in [-0.1, -0.05) is 74.2 Å². The molecule has 2 amide bonds. The third-order valence-corrected chi connectivity index (χ3v) is 15.7. The van der Waals surface area contributed by atoms with Crippen LogP contribution < -0.4 is 52.5 Å². The Hall–Kier alpha value is -9.30. The van der Waals surface area contributed by atoms with Crippen molar-refractivity contribution in [3.05, 3.63) is 179 Å². The number of anilines is 6. The van der Waals surface area contributed by atoms with Gasteiger partial charge in [-0.3, -0.25) is 9.59 Å². The molecule has 10 aromatic rings. The molecule has 8 aromatic carbocycles. The minimum Gasteiger partial charge on any atom is -0.393 e. The summed E-state index contributed by atoms with van der Waals surface area (Å²) in [7, 11) is 3.88. The molecule has 10 N–H and O–H groups in total. The lowest BCUT2D eigenvalue weighted by molar-refractivity contribution is -0.537. The Morgan fingerprint density at radius 1 is 0.402 bits per heavy atom. The van der Waals surface area contributed by atoms with Gasteiger partial charge in [-0.05, 0) is 147 Å². The highest BCUT2D eigenvalue weighted by Gasteiger charge is 2.26. The summed E-state index contributed by atoms with van der Waals surface area (Å²) >= 11 is 0. The average molecular weight is 1090 g/mol. The molecule has 0 bridgehead atoms. The van der Waals surface area contributed by atoms with Crippen LogP contribution in [0.15, 0.2) is 146 Å². The van der Waals surface area contributed by atoms with Crippen LogP contribution >= 0.6 is 0 Å². The van der Waals surface area contributed by atoms with Crippen molar-refractivity contribution >= 4 is 90.1 Å². The molecule has 0 atom stereocenters. The Labute approximate surface area is 480 Å². The fraction of sp³-hybridized carbons (Fsp3) is 0.265. The van der Waals surface area contributed by atoms with Crippen molar-refractivity contribution in [2.45, 2.75) is 79.1 Å². The zero-order chi connectivity index (χ0) is 57.3. The molecule has 0 saturated carbocycles. The van der Waals surface area contributed by atoms with Crippen LogP contribution in [0.3, 0.4) is 0 Å². The molecular formula is C68H76N12O2+2. The second-order valence-electron chi connectivity index (χ2n) is 21.5. The van der Waals surface area contributed by atoms with E-state index in [1.807, 2.05) is 99.0 Å². The molecule has 2 aromatic heterocycles. The average Bonchev–Trinajstić information content (AvgIpc) is 3.63. The molecule has 0 aliphatic rings. The number of para-hydroxylation sites is 4. The van der Waals surface area contributed by atoms with Gasteiger partial charge in [0.15, 0.2) is 0 Å². The smallest absolute Gasteiger partial charge is 0.251 e. The van der Waals surface area contributed by atoms with Crippen molar-refractivity contribution in [1.82, 2.24) is 20.6 Å². The number of amides is 2. The lowest BCUT2D eigenvalue weighted by Crippen LogP contribution is -2.34. The molecule has 0 fully saturated rings. The van der Waals surface area contributed by atoms with E-state index in [1.54, 1.807) is 0 Å². The van der Waals surface area contributed by atoms with Crippen LogP contribution in [0.25, 0.3) is 66.6 Å². The summed E-state index contributed by atoms with van der Waals surface area (Å²) in [6.07, 6.45) is 7.91. The summed E-state index contributed by atoms with van der Waals surface area (Å²) in [4.78, 5) is 36.3. The summed E-state index contributed by atoms with van der Waals surface area (Å²) in [5, 5.41) is 20.2. The third kappa shape index (κ3) is 12.4. The highest BCUT2D eigenvalue weighted by Crippen LogP contribution is 2.31. The number of aryl methyl sites for hydroxylation is 4. The van der Waals surface area contributed by atoms with Gasteiger partial charge in [0.1, 0.15) is 33.4 Å². The predicted molar refractivity (Wildman–Crippen MR) is 339 cm³/mol. The number of aromatic nitrogens is 4. The Balaban J connectivity index is 0.632. The van der Waals surface area contributed by atoms with Crippen molar-refractivity contribution in [2.24, 2.45) is 0 Å². The number of hydrogen-bond donors (Lipinski definition) is 8. The van der Waals surface area contributed by atoms with Crippen molar-refractivity contribution in [3.8, 4) is 22.5 Å². The van der Waals surface area contributed by atoms with Crippen molar-refractivity contribution in [3.63, 3.8) is 0 Å². The summed E-state index contributed by atoms with van der Waals surface area (Å²) in [6, 6.07) is 48.4. The number of nitrogens with two attached hydrogens (primary N) is 2. The molecule has 0 spiro atoms. The number of nitrogens with zero attached hydrogens (tertiary/aromatic N) is 4. The van der Waals surface area contributed by atoms with Crippen LogP contribution in [-0.2, 0) is 0 Å². The maximum absolute atomic E-state index is 13.1. The van der Waals surface area contributed by atoms with Gasteiger partial charge in [0.25, 0.3) is 11.8 Å². The van der Waals surface area contributed by atoms with Gasteiger partial charge < -0.3 is 43.4 Å². The number of nitrogens with one attached hydrogen (secondary N) is 6. The van der Waals surface area contributed by atoms with Crippen LogP contribution in [0, 0.1) is 27.7 Å². The molecule has 10 rings (SSSR count). The normalized spacial score (nSPS) is 11.3. The highest BCUT2D eigenvalue weighted by molar-refractivity contribution is 5.96.